The Kier molecular flexibility index (Phi) is 7.33. The van der Waals surface area contributed by atoms with Gasteiger partial charge in [0.25, 0.3) is 0 Å². The second kappa shape index (κ2) is 10.6. The Hall–Kier alpha value is -3.88. The summed E-state index contributed by atoms with van der Waals surface area (Å²) in [7, 11) is 1.72. The van der Waals surface area contributed by atoms with E-state index in [1.54, 1.807) is 37.5 Å². The van der Waals surface area contributed by atoms with Gasteiger partial charge in [-0.15, -0.1) is 0 Å². The highest BCUT2D eigenvalue weighted by Gasteiger charge is 2.19. The molecule has 4 N–H and O–H groups in total. The van der Waals surface area contributed by atoms with Gasteiger partial charge in [-0.25, -0.2) is 14.8 Å². The maximum atomic E-state index is 11.1. The molecule has 0 amide bonds. The Bertz CT molecular complexity index is 1330. The zero-order chi connectivity index (χ0) is 24.9. The molecular formula is C27H29N5O3. The SMILES string of the molecule is CNC(O)c1ccnc2c([C@H](C)C(C)CNc3cc(-c4ccc(C(=O)O)cc4)ncn3)cccc12. The van der Waals surface area contributed by atoms with Gasteiger partial charge in [-0.2, -0.15) is 0 Å². The maximum absolute atomic E-state index is 11.1. The van der Waals surface area contributed by atoms with Crippen molar-refractivity contribution in [2.75, 3.05) is 18.9 Å². The summed E-state index contributed by atoms with van der Waals surface area (Å²) in [6.45, 7) is 5.04. The number of aliphatic hydroxyl groups is 1. The van der Waals surface area contributed by atoms with E-state index in [9.17, 15) is 9.90 Å². The molecule has 180 valence electrons. The molecule has 4 aromatic rings. The fourth-order valence-corrected chi connectivity index (χ4v) is 4.13. The zero-order valence-electron chi connectivity index (χ0n) is 19.9. The van der Waals surface area contributed by atoms with E-state index < -0.39 is 12.2 Å². The van der Waals surface area contributed by atoms with E-state index in [0.29, 0.717) is 18.1 Å². The molecule has 0 saturated heterocycles. The highest BCUT2D eigenvalue weighted by atomic mass is 16.4. The summed E-state index contributed by atoms with van der Waals surface area (Å²) < 4.78 is 0. The summed E-state index contributed by atoms with van der Waals surface area (Å²) in [6.07, 6.45) is 2.49. The van der Waals surface area contributed by atoms with Gasteiger partial charge in [0.05, 0.1) is 16.8 Å². The van der Waals surface area contributed by atoms with E-state index in [1.165, 1.54) is 6.33 Å². The van der Waals surface area contributed by atoms with Gasteiger partial charge in [0.1, 0.15) is 18.4 Å². The van der Waals surface area contributed by atoms with Gasteiger partial charge in [-0.1, -0.05) is 44.2 Å². The summed E-state index contributed by atoms with van der Waals surface area (Å²) in [5, 5.41) is 26.7. The van der Waals surface area contributed by atoms with E-state index in [0.717, 1.165) is 27.6 Å². The minimum Gasteiger partial charge on any atom is -0.478 e. The number of aromatic nitrogens is 3. The number of nitrogens with zero attached hydrogens (tertiary/aromatic N) is 3. The fraction of sp³-hybridized carbons (Fsp3) is 0.259. The Labute approximate surface area is 204 Å². The monoisotopic (exact) mass is 471 g/mol. The minimum atomic E-state index is -0.958. The third kappa shape index (κ3) is 5.29. The van der Waals surface area contributed by atoms with Crippen LogP contribution in [-0.4, -0.2) is 44.7 Å². The van der Waals surface area contributed by atoms with E-state index >= 15 is 0 Å². The first-order chi connectivity index (χ1) is 16.9. The average Bonchev–Trinajstić information content (AvgIpc) is 2.90. The highest BCUT2D eigenvalue weighted by Crippen LogP contribution is 2.32. The number of fused-ring (bicyclic) bond motifs is 1. The number of nitrogens with one attached hydrogen (secondary N) is 2. The lowest BCUT2D eigenvalue weighted by Crippen LogP contribution is -2.19. The normalized spacial score (nSPS) is 13.8. The van der Waals surface area contributed by atoms with Crippen LogP contribution in [0.15, 0.2) is 67.1 Å². The van der Waals surface area contributed by atoms with Gasteiger partial charge in [-0.05, 0) is 42.6 Å². The molecule has 0 radical (unpaired) electrons. The lowest BCUT2D eigenvalue weighted by Gasteiger charge is -2.23. The summed E-state index contributed by atoms with van der Waals surface area (Å²) in [4.78, 5) is 24.4. The number of carboxylic acids is 1. The standard InChI is InChI=1S/C27H29N5O3/c1-16(17(2)20-5-4-6-21-22(26(33)28-3)11-12-29-25(20)21)14-30-24-13-23(31-15-32-24)18-7-9-19(10-8-18)27(34)35/h4-13,15-17,26,28,33H,14H2,1-3H3,(H,34,35)(H,30,31,32)/t16?,17-,26?/m1/s1. The minimum absolute atomic E-state index is 0.200. The number of hydrogen-bond donors (Lipinski definition) is 4. The third-order valence-electron chi connectivity index (χ3n) is 6.45. The predicted octanol–water partition coefficient (Wildman–Crippen LogP) is 4.45. The van der Waals surface area contributed by atoms with Crippen molar-refractivity contribution < 1.29 is 15.0 Å². The van der Waals surface area contributed by atoms with Crippen molar-refractivity contribution in [3.05, 3.63) is 83.8 Å². The Balaban J connectivity index is 1.49. The molecule has 0 spiro atoms. The molecule has 8 nitrogen and oxygen atoms in total. The van der Waals surface area contributed by atoms with Crippen molar-refractivity contribution in [2.24, 2.45) is 5.92 Å². The number of carbonyl (C=O) groups is 1. The molecule has 2 unspecified atom stereocenters. The molecule has 2 aromatic carbocycles. The number of carboxylic acid groups (broad SMARTS) is 1. The zero-order valence-corrected chi connectivity index (χ0v) is 19.9. The van der Waals surface area contributed by atoms with Crippen molar-refractivity contribution in [3.63, 3.8) is 0 Å². The Morgan fingerprint density at radius 2 is 1.77 bits per heavy atom. The number of hydrogen-bond acceptors (Lipinski definition) is 7. The molecule has 8 heteroatoms. The molecule has 3 atom stereocenters. The van der Waals surface area contributed by atoms with Gasteiger partial charge in [-0.3, -0.25) is 10.3 Å². The van der Waals surface area contributed by atoms with Crippen LogP contribution in [0.3, 0.4) is 0 Å². The highest BCUT2D eigenvalue weighted by molar-refractivity contribution is 5.88. The van der Waals surface area contributed by atoms with Crippen molar-refractivity contribution in [1.29, 1.82) is 0 Å². The molecule has 0 aliphatic heterocycles. The predicted molar refractivity (Wildman–Crippen MR) is 136 cm³/mol. The molecule has 2 heterocycles. The van der Waals surface area contributed by atoms with Crippen LogP contribution in [0.1, 0.15) is 47.5 Å². The third-order valence-corrected chi connectivity index (χ3v) is 6.45. The van der Waals surface area contributed by atoms with Crippen LogP contribution >= 0.6 is 0 Å². The lowest BCUT2D eigenvalue weighted by molar-refractivity contribution is 0.0697. The number of aliphatic hydroxyl groups excluding tert-OH is 1. The van der Waals surface area contributed by atoms with Crippen LogP contribution in [0.5, 0.6) is 0 Å². The second-order valence-electron chi connectivity index (χ2n) is 8.65. The molecule has 0 fully saturated rings. The second-order valence-corrected chi connectivity index (χ2v) is 8.65. The van der Waals surface area contributed by atoms with Gasteiger partial charge in [0.2, 0.25) is 0 Å². The maximum Gasteiger partial charge on any atom is 0.335 e. The van der Waals surface area contributed by atoms with E-state index in [-0.39, 0.29) is 17.4 Å². The van der Waals surface area contributed by atoms with Crippen LogP contribution in [0.25, 0.3) is 22.2 Å². The number of rotatable bonds is 9. The molecule has 0 saturated carbocycles. The summed E-state index contributed by atoms with van der Waals surface area (Å²) in [5.74, 6) is 0.200. The lowest BCUT2D eigenvalue weighted by atomic mass is 9.87. The number of benzene rings is 2. The fourth-order valence-electron chi connectivity index (χ4n) is 4.13. The van der Waals surface area contributed by atoms with Crippen molar-refractivity contribution in [2.45, 2.75) is 26.0 Å². The Morgan fingerprint density at radius 1 is 1.00 bits per heavy atom. The first-order valence-corrected chi connectivity index (χ1v) is 11.5. The van der Waals surface area contributed by atoms with Crippen LogP contribution in [0.2, 0.25) is 0 Å². The topological polar surface area (TPSA) is 120 Å². The molecular weight excluding hydrogens is 442 g/mol. The smallest absolute Gasteiger partial charge is 0.335 e. The number of para-hydroxylation sites is 1. The first-order valence-electron chi connectivity index (χ1n) is 11.5. The largest absolute Gasteiger partial charge is 0.478 e. The van der Waals surface area contributed by atoms with Crippen molar-refractivity contribution >= 4 is 22.7 Å². The summed E-state index contributed by atoms with van der Waals surface area (Å²) in [5.41, 5.74) is 4.61. The van der Waals surface area contributed by atoms with Crippen molar-refractivity contribution in [1.82, 2.24) is 20.3 Å². The van der Waals surface area contributed by atoms with Crippen LogP contribution < -0.4 is 10.6 Å². The molecule has 2 aromatic heterocycles. The van der Waals surface area contributed by atoms with Crippen LogP contribution in [0.4, 0.5) is 5.82 Å². The van der Waals surface area contributed by atoms with Crippen LogP contribution in [-0.2, 0) is 0 Å². The van der Waals surface area contributed by atoms with Gasteiger partial charge in [0.15, 0.2) is 0 Å². The van der Waals surface area contributed by atoms with Gasteiger partial charge >= 0.3 is 5.97 Å². The Morgan fingerprint density at radius 3 is 2.49 bits per heavy atom. The van der Waals surface area contributed by atoms with E-state index in [1.807, 2.05) is 24.3 Å². The van der Waals surface area contributed by atoms with E-state index in [2.05, 4.69) is 45.5 Å². The summed E-state index contributed by atoms with van der Waals surface area (Å²) in [6, 6.07) is 16.4. The molecule has 0 bridgehead atoms. The molecule has 35 heavy (non-hydrogen) atoms. The number of pyridine rings is 1. The van der Waals surface area contributed by atoms with E-state index in [4.69, 9.17) is 5.11 Å². The average molecular weight is 472 g/mol. The number of anilines is 1. The molecule has 0 aliphatic rings. The molecule has 0 aliphatic carbocycles. The van der Waals surface area contributed by atoms with Crippen LogP contribution in [0, 0.1) is 5.92 Å². The van der Waals surface area contributed by atoms with Gasteiger partial charge < -0.3 is 15.5 Å². The van der Waals surface area contributed by atoms with Gasteiger partial charge in [0, 0.05) is 35.3 Å². The summed E-state index contributed by atoms with van der Waals surface area (Å²) >= 11 is 0. The van der Waals surface area contributed by atoms with Crippen molar-refractivity contribution in [3.8, 4) is 11.3 Å². The number of aromatic carboxylic acids is 1. The quantitative estimate of drug-likeness (QED) is 0.264. The molecule has 4 rings (SSSR count). The first kappa shape index (κ1) is 24.3.